The molecule has 0 bridgehead atoms. The van der Waals surface area contributed by atoms with Crippen LogP contribution in [0.5, 0.6) is 0 Å². The smallest absolute Gasteiger partial charge is 0.243 e. The molecule has 6 heteroatoms. The summed E-state index contributed by atoms with van der Waals surface area (Å²) in [5.74, 6) is -0.351. The fourth-order valence-corrected chi connectivity index (χ4v) is 2.66. The number of carbonyl (C=O) groups is 3. The van der Waals surface area contributed by atoms with Crippen LogP contribution in [0.15, 0.2) is 24.3 Å². The standard InChI is InChI=1S/C18H23N3O3/c1-12-3-2-4-14(9-12)20-16(22)10-19-17(23)11-21(15-7-8-15)18(24)13-5-6-13/h2-4,9,13,15H,5-8,10-11H2,1H3,(H,19,23)(H,20,22). The number of benzene rings is 1. The van der Waals surface area contributed by atoms with E-state index in [1.54, 1.807) is 11.0 Å². The number of anilines is 1. The van der Waals surface area contributed by atoms with Crippen molar-refractivity contribution in [3.63, 3.8) is 0 Å². The molecular weight excluding hydrogens is 306 g/mol. The number of carbonyl (C=O) groups excluding carboxylic acids is 3. The number of nitrogens with zero attached hydrogens (tertiary/aromatic N) is 1. The number of rotatable bonds is 7. The fraction of sp³-hybridized carbons (Fsp3) is 0.500. The third-order valence-electron chi connectivity index (χ3n) is 4.26. The molecule has 2 aliphatic carbocycles. The Kier molecular flexibility index (Phi) is 4.83. The molecular formula is C18H23N3O3. The van der Waals surface area contributed by atoms with Crippen molar-refractivity contribution in [1.29, 1.82) is 0 Å². The van der Waals surface area contributed by atoms with Crippen LogP contribution in [0.4, 0.5) is 5.69 Å². The fourth-order valence-electron chi connectivity index (χ4n) is 2.66. The van der Waals surface area contributed by atoms with E-state index in [0.29, 0.717) is 5.69 Å². The van der Waals surface area contributed by atoms with Gasteiger partial charge in [-0.05, 0) is 50.3 Å². The zero-order valence-electron chi connectivity index (χ0n) is 13.9. The predicted molar refractivity (Wildman–Crippen MR) is 90.3 cm³/mol. The van der Waals surface area contributed by atoms with Gasteiger partial charge >= 0.3 is 0 Å². The normalized spacial score (nSPS) is 16.4. The average Bonchev–Trinajstić information content (AvgIpc) is 3.42. The Hall–Kier alpha value is -2.37. The van der Waals surface area contributed by atoms with Gasteiger partial charge in [-0.2, -0.15) is 0 Å². The van der Waals surface area contributed by atoms with Crippen LogP contribution in [0.25, 0.3) is 0 Å². The van der Waals surface area contributed by atoms with Crippen molar-refractivity contribution in [2.75, 3.05) is 18.4 Å². The Morgan fingerprint density at radius 2 is 1.88 bits per heavy atom. The van der Waals surface area contributed by atoms with Crippen molar-refractivity contribution < 1.29 is 14.4 Å². The molecule has 0 saturated heterocycles. The minimum Gasteiger partial charge on any atom is -0.345 e. The molecule has 2 N–H and O–H groups in total. The van der Waals surface area contributed by atoms with Gasteiger partial charge in [-0.3, -0.25) is 14.4 Å². The molecule has 2 fully saturated rings. The second kappa shape index (κ2) is 7.03. The minimum atomic E-state index is -0.282. The van der Waals surface area contributed by atoms with E-state index in [-0.39, 0.29) is 42.8 Å². The highest BCUT2D eigenvalue weighted by molar-refractivity contribution is 5.95. The number of hydrogen-bond donors (Lipinski definition) is 2. The van der Waals surface area contributed by atoms with E-state index in [9.17, 15) is 14.4 Å². The molecule has 0 radical (unpaired) electrons. The van der Waals surface area contributed by atoms with Gasteiger partial charge in [-0.15, -0.1) is 0 Å². The Labute approximate surface area is 141 Å². The number of aryl methyl sites for hydroxylation is 1. The molecule has 0 unspecified atom stereocenters. The maximum atomic E-state index is 12.2. The molecule has 2 saturated carbocycles. The quantitative estimate of drug-likeness (QED) is 0.795. The van der Waals surface area contributed by atoms with E-state index in [1.807, 2.05) is 25.1 Å². The van der Waals surface area contributed by atoms with E-state index in [1.165, 1.54) is 0 Å². The number of amides is 3. The molecule has 0 aliphatic heterocycles. The summed E-state index contributed by atoms with van der Waals surface area (Å²) in [5.41, 5.74) is 1.76. The molecule has 24 heavy (non-hydrogen) atoms. The first-order chi connectivity index (χ1) is 11.5. The van der Waals surface area contributed by atoms with Crippen molar-refractivity contribution in [2.24, 2.45) is 5.92 Å². The lowest BCUT2D eigenvalue weighted by Gasteiger charge is -2.21. The number of hydrogen-bond acceptors (Lipinski definition) is 3. The van der Waals surface area contributed by atoms with Crippen molar-refractivity contribution in [3.05, 3.63) is 29.8 Å². The predicted octanol–water partition coefficient (Wildman–Crippen LogP) is 1.45. The highest BCUT2D eigenvalue weighted by Crippen LogP contribution is 2.35. The highest BCUT2D eigenvalue weighted by atomic mass is 16.2. The summed E-state index contributed by atoms with van der Waals surface area (Å²) >= 11 is 0. The molecule has 0 aromatic heterocycles. The summed E-state index contributed by atoms with van der Waals surface area (Å²) in [7, 11) is 0. The van der Waals surface area contributed by atoms with Crippen LogP contribution in [0.3, 0.4) is 0 Å². The van der Waals surface area contributed by atoms with Gasteiger partial charge in [0.1, 0.15) is 0 Å². The Morgan fingerprint density at radius 3 is 2.50 bits per heavy atom. The van der Waals surface area contributed by atoms with Gasteiger partial charge in [-0.25, -0.2) is 0 Å². The first-order valence-corrected chi connectivity index (χ1v) is 8.46. The van der Waals surface area contributed by atoms with Crippen LogP contribution >= 0.6 is 0 Å². The Balaban J connectivity index is 1.44. The highest BCUT2D eigenvalue weighted by Gasteiger charge is 2.40. The van der Waals surface area contributed by atoms with E-state index in [2.05, 4.69) is 10.6 Å². The van der Waals surface area contributed by atoms with Crippen LogP contribution in [-0.2, 0) is 14.4 Å². The summed E-state index contributed by atoms with van der Waals surface area (Å²) in [6.45, 7) is 1.90. The zero-order valence-corrected chi connectivity index (χ0v) is 13.9. The molecule has 128 valence electrons. The van der Waals surface area contributed by atoms with Crippen LogP contribution in [0.1, 0.15) is 31.2 Å². The van der Waals surface area contributed by atoms with E-state index >= 15 is 0 Å². The van der Waals surface area contributed by atoms with Gasteiger partial charge in [0, 0.05) is 17.6 Å². The van der Waals surface area contributed by atoms with Gasteiger partial charge < -0.3 is 15.5 Å². The first-order valence-electron chi connectivity index (χ1n) is 8.46. The van der Waals surface area contributed by atoms with Gasteiger partial charge in [0.05, 0.1) is 13.1 Å². The Bertz CT molecular complexity index is 651. The lowest BCUT2D eigenvalue weighted by molar-refractivity contribution is -0.137. The average molecular weight is 329 g/mol. The molecule has 3 rings (SSSR count). The lowest BCUT2D eigenvalue weighted by Crippen LogP contribution is -2.44. The zero-order chi connectivity index (χ0) is 17.1. The molecule has 0 spiro atoms. The minimum absolute atomic E-state index is 0.0533. The molecule has 0 heterocycles. The summed E-state index contributed by atoms with van der Waals surface area (Å²) in [5, 5.41) is 5.34. The second-order valence-electron chi connectivity index (χ2n) is 6.67. The largest absolute Gasteiger partial charge is 0.345 e. The molecule has 0 atom stereocenters. The van der Waals surface area contributed by atoms with Crippen LogP contribution in [0, 0.1) is 12.8 Å². The topological polar surface area (TPSA) is 78.5 Å². The third-order valence-corrected chi connectivity index (χ3v) is 4.26. The van der Waals surface area contributed by atoms with Crippen LogP contribution < -0.4 is 10.6 Å². The van der Waals surface area contributed by atoms with E-state index < -0.39 is 0 Å². The SMILES string of the molecule is Cc1cccc(NC(=O)CNC(=O)CN(C(=O)C2CC2)C2CC2)c1. The maximum Gasteiger partial charge on any atom is 0.243 e. The summed E-state index contributed by atoms with van der Waals surface area (Å²) in [6.07, 6.45) is 3.81. The van der Waals surface area contributed by atoms with Gasteiger partial charge in [0.15, 0.2) is 0 Å². The summed E-state index contributed by atoms with van der Waals surface area (Å²) in [4.78, 5) is 37.9. The van der Waals surface area contributed by atoms with Gasteiger partial charge in [-0.1, -0.05) is 12.1 Å². The third kappa shape index (κ3) is 4.57. The lowest BCUT2D eigenvalue weighted by atomic mass is 10.2. The summed E-state index contributed by atoms with van der Waals surface area (Å²) < 4.78 is 0. The van der Waals surface area contributed by atoms with Crippen molar-refractivity contribution >= 4 is 23.4 Å². The monoisotopic (exact) mass is 329 g/mol. The van der Waals surface area contributed by atoms with Crippen molar-refractivity contribution in [2.45, 2.75) is 38.6 Å². The molecule has 3 amide bonds. The van der Waals surface area contributed by atoms with E-state index in [0.717, 1.165) is 31.2 Å². The summed E-state index contributed by atoms with van der Waals surface area (Å²) in [6, 6.07) is 7.69. The van der Waals surface area contributed by atoms with Crippen molar-refractivity contribution in [3.8, 4) is 0 Å². The van der Waals surface area contributed by atoms with Gasteiger partial charge in [0.2, 0.25) is 17.7 Å². The second-order valence-corrected chi connectivity index (χ2v) is 6.67. The van der Waals surface area contributed by atoms with Gasteiger partial charge in [0.25, 0.3) is 0 Å². The van der Waals surface area contributed by atoms with Crippen LogP contribution in [0.2, 0.25) is 0 Å². The first kappa shape index (κ1) is 16.5. The molecule has 2 aliphatic rings. The van der Waals surface area contributed by atoms with Crippen LogP contribution in [-0.4, -0.2) is 41.8 Å². The van der Waals surface area contributed by atoms with Crippen molar-refractivity contribution in [1.82, 2.24) is 10.2 Å². The molecule has 1 aromatic rings. The molecule has 6 nitrogen and oxygen atoms in total. The molecule has 1 aromatic carbocycles. The number of nitrogens with one attached hydrogen (secondary N) is 2. The Morgan fingerprint density at radius 1 is 1.12 bits per heavy atom. The van der Waals surface area contributed by atoms with E-state index in [4.69, 9.17) is 0 Å². The maximum absolute atomic E-state index is 12.2.